The zero-order chi connectivity index (χ0) is 11.5. The van der Waals surface area contributed by atoms with Crippen LogP contribution >= 0.6 is 0 Å². The Morgan fingerprint density at radius 1 is 1.19 bits per heavy atom. The van der Waals surface area contributed by atoms with Gasteiger partial charge < -0.3 is 5.11 Å². The molecule has 2 nitrogen and oxygen atoms in total. The Labute approximate surface area is 93.4 Å². The molecule has 2 rings (SSSR count). The van der Waals surface area contributed by atoms with Crippen molar-refractivity contribution >= 4 is 0 Å². The fourth-order valence-electron chi connectivity index (χ4n) is 1.50. The molecule has 0 aliphatic heterocycles. The summed E-state index contributed by atoms with van der Waals surface area (Å²) >= 11 is 0. The first-order valence-electron chi connectivity index (χ1n) is 5.02. The number of hydrogen-bond donors (Lipinski definition) is 1. The molecule has 0 aliphatic carbocycles. The van der Waals surface area contributed by atoms with E-state index in [1.54, 1.807) is 31.5 Å². The van der Waals surface area contributed by atoms with Crippen molar-refractivity contribution in [2.24, 2.45) is 0 Å². The Morgan fingerprint density at radius 2 is 2.00 bits per heavy atom. The molecule has 2 aromatic rings. The Morgan fingerprint density at radius 3 is 2.69 bits per heavy atom. The van der Waals surface area contributed by atoms with E-state index < -0.39 is 0 Å². The Bertz CT molecular complexity index is 511. The van der Waals surface area contributed by atoms with Crippen LogP contribution in [0.1, 0.15) is 11.1 Å². The van der Waals surface area contributed by atoms with Crippen LogP contribution in [0.25, 0.3) is 11.1 Å². The van der Waals surface area contributed by atoms with Crippen molar-refractivity contribution in [3.63, 3.8) is 0 Å². The lowest BCUT2D eigenvalue weighted by atomic mass is 10.0. The van der Waals surface area contributed by atoms with Crippen LogP contribution in [0, 0.1) is 12.7 Å². The molecule has 0 atom stereocenters. The third-order valence-corrected chi connectivity index (χ3v) is 2.48. The first kappa shape index (κ1) is 10.8. The minimum atomic E-state index is -0.230. The van der Waals surface area contributed by atoms with Gasteiger partial charge in [0.15, 0.2) is 0 Å². The number of aryl methyl sites for hydroxylation is 1. The normalized spacial score (nSPS) is 10.4. The molecule has 1 N–H and O–H groups in total. The highest BCUT2D eigenvalue weighted by Gasteiger charge is 2.03. The molecule has 0 spiro atoms. The fraction of sp³-hybridized carbons (Fsp3) is 0.154. The van der Waals surface area contributed by atoms with Crippen molar-refractivity contribution in [3.8, 4) is 11.1 Å². The molecule has 0 bridgehead atoms. The first-order chi connectivity index (χ1) is 7.70. The molecule has 0 unspecified atom stereocenters. The topological polar surface area (TPSA) is 33.1 Å². The van der Waals surface area contributed by atoms with E-state index in [2.05, 4.69) is 4.98 Å². The molecule has 0 saturated carbocycles. The first-order valence-corrected chi connectivity index (χ1v) is 5.02. The fourth-order valence-corrected chi connectivity index (χ4v) is 1.50. The summed E-state index contributed by atoms with van der Waals surface area (Å²) in [4.78, 5) is 4.00. The van der Waals surface area contributed by atoms with Crippen LogP contribution in [0.15, 0.2) is 36.7 Å². The maximum atomic E-state index is 13.4. The molecule has 0 aliphatic rings. The maximum Gasteiger partial charge on any atom is 0.126 e. The molecule has 16 heavy (non-hydrogen) atoms. The van der Waals surface area contributed by atoms with Gasteiger partial charge >= 0.3 is 0 Å². The SMILES string of the molecule is Cc1ccc(-c2cncc(CO)c2)cc1F. The summed E-state index contributed by atoms with van der Waals surface area (Å²) in [5.41, 5.74) is 2.92. The van der Waals surface area contributed by atoms with E-state index in [9.17, 15) is 4.39 Å². The lowest BCUT2D eigenvalue weighted by molar-refractivity contribution is 0.281. The summed E-state index contributed by atoms with van der Waals surface area (Å²) in [5, 5.41) is 8.99. The average Bonchev–Trinajstić information content (AvgIpc) is 2.33. The van der Waals surface area contributed by atoms with E-state index in [0.29, 0.717) is 5.56 Å². The Kier molecular flexibility index (Phi) is 2.97. The van der Waals surface area contributed by atoms with Gasteiger partial charge in [-0.15, -0.1) is 0 Å². The molecular formula is C13H12FNO. The number of hydrogen-bond acceptors (Lipinski definition) is 2. The third kappa shape index (κ3) is 2.09. The van der Waals surface area contributed by atoms with Crippen molar-refractivity contribution in [1.29, 1.82) is 0 Å². The standard InChI is InChI=1S/C13H12FNO/c1-9-2-3-11(5-13(9)14)12-4-10(8-16)6-15-7-12/h2-7,16H,8H2,1H3. The minimum absolute atomic E-state index is 0.0603. The molecule has 82 valence electrons. The van der Waals surface area contributed by atoms with Crippen LogP contribution in [0.5, 0.6) is 0 Å². The molecule has 3 heteroatoms. The van der Waals surface area contributed by atoms with Gasteiger partial charge in [0, 0.05) is 18.0 Å². The van der Waals surface area contributed by atoms with Gasteiger partial charge in [0.25, 0.3) is 0 Å². The number of aliphatic hydroxyl groups is 1. The predicted molar refractivity (Wildman–Crippen MR) is 60.3 cm³/mol. The zero-order valence-electron chi connectivity index (χ0n) is 8.94. The van der Waals surface area contributed by atoms with Crippen LogP contribution in [0.2, 0.25) is 0 Å². The van der Waals surface area contributed by atoms with Gasteiger partial charge in [0.1, 0.15) is 5.82 Å². The lowest BCUT2D eigenvalue weighted by Gasteiger charge is -2.04. The Hall–Kier alpha value is -1.74. The van der Waals surface area contributed by atoms with Crippen LogP contribution in [0.3, 0.4) is 0 Å². The number of nitrogens with zero attached hydrogens (tertiary/aromatic N) is 1. The highest BCUT2D eigenvalue weighted by atomic mass is 19.1. The van der Waals surface area contributed by atoms with E-state index >= 15 is 0 Å². The number of pyridine rings is 1. The van der Waals surface area contributed by atoms with Gasteiger partial charge in [-0.05, 0) is 35.7 Å². The largest absolute Gasteiger partial charge is 0.392 e. The lowest BCUT2D eigenvalue weighted by Crippen LogP contribution is -1.89. The van der Waals surface area contributed by atoms with Crippen molar-refractivity contribution in [3.05, 3.63) is 53.6 Å². The average molecular weight is 217 g/mol. The second-order valence-corrected chi connectivity index (χ2v) is 3.70. The quantitative estimate of drug-likeness (QED) is 0.839. The van der Waals surface area contributed by atoms with Crippen LogP contribution in [-0.2, 0) is 6.61 Å². The highest BCUT2D eigenvalue weighted by Crippen LogP contribution is 2.21. The van der Waals surface area contributed by atoms with Crippen molar-refractivity contribution < 1.29 is 9.50 Å². The van der Waals surface area contributed by atoms with Gasteiger partial charge in [-0.2, -0.15) is 0 Å². The molecule has 0 amide bonds. The Balaban J connectivity index is 2.46. The van der Waals surface area contributed by atoms with E-state index in [0.717, 1.165) is 16.7 Å². The molecule has 1 aromatic heterocycles. The van der Waals surface area contributed by atoms with Gasteiger partial charge in [-0.1, -0.05) is 12.1 Å². The maximum absolute atomic E-state index is 13.4. The number of aromatic nitrogens is 1. The summed E-state index contributed by atoms with van der Waals surface area (Å²) in [5.74, 6) is -0.230. The smallest absolute Gasteiger partial charge is 0.126 e. The molecule has 0 fully saturated rings. The molecule has 0 saturated heterocycles. The predicted octanol–water partition coefficient (Wildman–Crippen LogP) is 2.69. The van der Waals surface area contributed by atoms with Gasteiger partial charge in [-0.25, -0.2) is 4.39 Å². The van der Waals surface area contributed by atoms with Crippen LogP contribution in [0.4, 0.5) is 4.39 Å². The summed E-state index contributed by atoms with van der Waals surface area (Å²) < 4.78 is 13.4. The summed E-state index contributed by atoms with van der Waals surface area (Å²) in [7, 11) is 0. The van der Waals surface area contributed by atoms with Gasteiger partial charge in [0.2, 0.25) is 0 Å². The van der Waals surface area contributed by atoms with E-state index in [1.807, 2.05) is 6.07 Å². The number of aliphatic hydroxyl groups excluding tert-OH is 1. The monoisotopic (exact) mass is 217 g/mol. The highest BCUT2D eigenvalue weighted by molar-refractivity contribution is 5.63. The summed E-state index contributed by atoms with van der Waals surface area (Å²) in [6.45, 7) is 1.66. The van der Waals surface area contributed by atoms with Crippen LogP contribution < -0.4 is 0 Å². The van der Waals surface area contributed by atoms with E-state index in [-0.39, 0.29) is 12.4 Å². The second-order valence-electron chi connectivity index (χ2n) is 3.70. The van der Waals surface area contributed by atoms with E-state index in [1.165, 1.54) is 6.07 Å². The zero-order valence-corrected chi connectivity index (χ0v) is 8.94. The summed E-state index contributed by atoms with van der Waals surface area (Å²) in [6, 6.07) is 6.86. The molecule has 0 radical (unpaired) electrons. The number of halogens is 1. The third-order valence-electron chi connectivity index (χ3n) is 2.48. The van der Waals surface area contributed by atoms with Crippen molar-refractivity contribution in [1.82, 2.24) is 4.98 Å². The molecule has 1 heterocycles. The molecule has 1 aromatic carbocycles. The van der Waals surface area contributed by atoms with Crippen molar-refractivity contribution in [2.75, 3.05) is 0 Å². The number of benzene rings is 1. The second kappa shape index (κ2) is 4.41. The van der Waals surface area contributed by atoms with Gasteiger partial charge in [0.05, 0.1) is 6.61 Å². The number of rotatable bonds is 2. The minimum Gasteiger partial charge on any atom is -0.392 e. The van der Waals surface area contributed by atoms with Crippen LogP contribution in [-0.4, -0.2) is 10.1 Å². The van der Waals surface area contributed by atoms with E-state index in [4.69, 9.17) is 5.11 Å². The van der Waals surface area contributed by atoms with Crippen molar-refractivity contribution in [2.45, 2.75) is 13.5 Å². The van der Waals surface area contributed by atoms with Gasteiger partial charge in [-0.3, -0.25) is 4.98 Å². The summed E-state index contributed by atoms with van der Waals surface area (Å²) in [6.07, 6.45) is 3.25. The molecular weight excluding hydrogens is 205 g/mol.